The van der Waals surface area contributed by atoms with Crippen molar-refractivity contribution in [2.45, 2.75) is 52.6 Å². The molecule has 0 bridgehead atoms. The highest BCUT2D eigenvalue weighted by Gasteiger charge is 2.16. The molecular formula is C14H30N2O. The average Bonchev–Trinajstić information content (AvgIpc) is 2.49. The monoisotopic (exact) mass is 242 g/mol. The molecule has 102 valence electrons. The van der Waals surface area contributed by atoms with Crippen LogP contribution in [0, 0.1) is 5.41 Å². The molecule has 1 heterocycles. The summed E-state index contributed by atoms with van der Waals surface area (Å²) in [5, 5.41) is 0. The van der Waals surface area contributed by atoms with Gasteiger partial charge in [0, 0.05) is 19.7 Å². The first-order valence-electron chi connectivity index (χ1n) is 7.07. The summed E-state index contributed by atoms with van der Waals surface area (Å²) in [6.45, 7) is 11.9. The Bertz CT molecular complexity index is 206. The lowest BCUT2D eigenvalue weighted by atomic mass is 9.87. The van der Waals surface area contributed by atoms with Gasteiger partial charge in [-0.05, 0) is 44.7 Å². The summed E-state index contributed by atoms with van der Waals surface area (Å²) in [5.74, 6) is 0. The van der Waals surface area contributed by atoms with E-state index in [-0.39, 0.29) is 0 Å². The van der Waals surface area contributed by atoms with Crippen molar-refractivity contribution >= 4 is 0 Å². The number of rotatable bonds is 6. The number of nitrogens with zero attached hydrogens (tertiary/aromatic N) is 1. The molecule has 17 heavy (non-hydrogen) atoms. The third-order valence-electron chi connectivity index (χ3n) is 3.67. The van der Waals surface area contributed by atoms with Crippen LogP contribution in [0.5, 0.6) is 0 Å². The van der Waals surface area contributed by atoms with E-state index in [1.807, 2.05) is 0 Å². The van der Waals surface area contributed by atoms with Crippen molar-refractivity contribution in [2.75, 3.05) is 32.8 Å². The van der Waals surface area contributed by atoms with Gasteiger partial charge in [0.1, 0.15) is 0 Å². The minimum absolute atomic E-state index is 0.315. The molecule has 3 heteroatoms. The third kappa shape index (κ3) is 6.39. The highest BCUT2D eigenvalue weighted by atomic mass is 16.5. The summed E-state index contributed by atoms with van der Waals surface area (Å²) in [5.41, 5.74) is 6.06. The first kappa shape index (κ1) is 14.9. The minimum Gasteiger partial charge on any atom is -0.377 e. The second-order valence-corrected chi connectivity index (χ2v) is 6.16. The van der Waals surface area contributed by atoms with Crippen molar-refractivity contribution < 1.29 is 4.74 Å². The van der Waals surface area contributed by atoms with Gasteiger partial charge in [0.15, 0.2) is 0 Å². The molecule has 1 rings (SSSR count). The first-order valence-corrected chi connectivity index (χ1v) is 7.07. The fourth-order valence-corrected chi connectivity index (χ4v) is 2.32. The van der Waals surface area contributed by atoms with Crippen molar-refractivity contribution in [3.05, 3.63) is 0 Å². The van der Waals surface area contributed by atoms with Gasteiger partial charge in [-0.1, -0.05) is 20.3 Å². The van der Waals surface area contributed by atoms with Gasteiger partial charge in [-0.15, -0.1) is 0 Å². The van der Waals surface area contributed by atoms with Crippen LogP contribution in [0.15, 0.2) is 0 Å². The van der Waals surface area contributed by atoms with Crippen molar-refractivity contribution in [3.63, 3.8) is 0 Å². The van der Waals surface area contributed by atoms with E-state index in [0.29, 0.717) is 11.5 Å². The van der Waals surface area contributed by atoms with Crippen LogP contribution in [-0.2, 0) is 4.74 Å². The molecule has 0 radical (unpaired) electrons. The number of ether oxygens (including phenoxy) is 1. The number of hydrogen-bond donors (Lipinski definition) is 1. The molecule has 0 aromatic rings. The maximum atomic E-state index is 5.74. The lowest BCUT2D eigenvalue weighted by Gasteiger charge is -2.24. The maximum Gasteiger partial charge on any atom is 0.0673 e. The first-order chi connectivity index (χ1) is 8.03. The van der Waals surface area contributed by atoms with E-state index in [1.165, 1.54) is 38.8 Å². The molecule has 1 saturated heterocycles. The molecule has 1 aliphatic rings. The van der Waals surface area contributed by atoms with Crippen LogP contribution < -0.4 is 5.73 Å². The summed E-state index contributed by atoms with van der Waals surface area (Å²) >= 11 is 0. The Hall–Kier alpha value is -0.120. The maximum absolute atomic E-state index is 5.74. The Morgan fingerprint density at radius 3 is 2.82 bits per heavy atom. The van der Waals surface area contributed by atoms with E-state index in [1.54, 1.807) is 0 Å². The van der Waals surface area contributed by atoms with Crippen LogP contribution in [0.2, 0.25) is 0 Å². The van der Waals surface area contributed by atoms with Crippen LogP contribution in [-0.4, -0.2) is 43.8 Å². The van der Waals surface area contributed by atoms with Crippen molar-refractivity contribution in [3.8, 4) is 0 Å². The Balaban J connectivity index is 2.13. The summed E-state index contributed by atoms with van der Waals surface area (Å²) in [6, 6.07) is 0. The highest BCUT2D eigenvalue weighted by molar-refractivity contribution is 4.71. The van der Waals surface area contributed by atoms with E-state index in [4.69, 9.17) is 10.5 Å². The molecule has 0 aromatic heterocycles. The Kier molecular flexibility index (Phi) is 6.45. The molecule has 1 atom stereocenters. The Labute approximate surface area is 107 Å². The van der Waals surface area contributed by atoms with Crippen molar-refractivity contribution in [1.29, 1.82) is 0 Å². The molecule has 0 aliphatic carbocycles. The molecule has 1 unspecified atom stereocenters. The molecular weight excluding hydrogens is 212 g/mol. The van der Waals surface area contributed by atoms with Crippen LogP contribution >= 0.6 is 0 Å². The van der Waals surface area contributed by atoms with Gasteiger partial charge in [0.2, 0.25) is 0 Å². The standard InChI is InChI=1S/C14H30N2O/c1-13-11-16(9-6-10-17-13)8-5-4-7-14(2,3)12-15/h13H,4-12,15H2,1-3H3. The van der Waals surface area contributed by atoms with Gasteiger partial charge < -0.3 is 15.4 Å². The van der Waals surface area contributed by atoms with E-state index in [0.717, 1.165) is 19.7 Å². The van der Waals surface area contributed by atoms with Crippen LogP contribution in [0.4, 0.5) is 0 Å². The van der Waals surface area contributed by atoms with E-state index < -0.39 is 0 Å². The van der Waals surface area contributed by atoms with Crippen molar-refractivity contribution in [2.24, 2.45) is 11.1 Å². The molecule has 0 aromatic carbocycles. The average molecular weight is 242 g/mol. The zero-order valence-corrected chi connectivity index (χ0v) is 11.9. The third-order valence-corrected chi connectivity index (χ3v) is 3.67. The molecule has 0 saturated carbocycles. The lowest BCUT2D eigenvalue weighted by molar-refractivity contribution is 0.0674. The summed E-state index contributed by atoms with van der Waals surface area (Å²) in [7, 11) is 0. The highest BCUT2D eigenvalue weighted by Crippen LogP contribution is 2.21. The van der Waals surface area contributed by atoms with Gasteiger partial charge in [-0.25, -0.2) is 0 Å². The fraction of sp³-hybridized carbons (Fsp3) is 1.00. The van der Waals surface area contributed by atoms with Crippen LogP contribution in [0.1, 0.15) is 46.5 Å². The van der Waals surface area contributed by atoms with Gasteiger partial charge in [-0.2, -0.15) is 0 Å². The summed E-state index contributed by atoms with van der Waals surface area (Å²) in [4.78, 5) is 2.55. The largest absolute Gasteiger partial charge is 0.377 e. The SMILES string of the molecule is CC1CN(CCCCC(C)(C)CN)CCCO1. The van der Waals surface area contributed by atoms with Crippen LogP contribution in [0.25, 0.3) is 0 Å². The van der Waals surface area contributed by atoms with Gasteiger partial charge in [-0.3, -0.25) is 0 Å². The predicted octanol–water partition coefficient (Wildman–Crippen LogP) is 2.25. The lowest BCUT2D eigenvalue weighted by Crippen LogP contribution is -2.31. The number of nitrogens with two attached hydrogens (primary N) is 1. The smallest absolute Gasteiger partial charge is 0.0673 e. The quantitative estimate of drug-likeness (QED) is 0.726. The van der Waals surface area contributed by atoms with E-state index in [9.17, 15) is 0 Å². The normalized spacial score (nSPS) is 23.6. The number of unbranched alkanes of at least 4 members (excludes halogenated alkanes) is 1. The Morgan fingerprint density at radius 2 is 2.12 bits per heavy atom. The molecule has 3 nitrogen and oxygen atoms in total. The molecule has 0 amide bonds. The van der Waals surface area contributed by atoms with Crippen LogP contribution in [0.3, 0.4) is 0 Å². The zero-order chi connectivity index (χ0) is 12.7. The van der Waals surface area contributed by atoms with Crippen molar-refractivity contribution in [1.82, 2.24) is 4.90 Å². The van der Waals surface area contributed by atoms with E-state index >= 15 is 0 Å². The molecule has 0 spiro atoms. The number of hydrogen-bond acceptors (Lipinski definition) is 3. The predicted molar refractivity (Wildman–Crippen MR) is 73.2 cm³/mol. The molecule has 1 fully saturated rings. The fourth-order valence-electron chi connectivity index (χ4n) is 2.32. The minimum atomic E-state index is 0.315. The summed E-state index contributed by atoms with van der Waals surface area (Å²) < 4.78 is 5.65. The van der Waals surface area contributed by atoms with Gasteiger partial charge in [0.25, 0.3) is 0 Å². The van der Waals surface area contributed by atoms with E-state index in [2.05, 4.69) is 25.7 Å². The van der Waals surface area contributed by atoms with Gasteiger partial charge >= 0.3 is 0 Å². The Morgan fingerprint density at radius 1 is 1.35 bits per heavy atom. The zero-order valence-electron chi connectivity index (χ0n) is 11.9. The molecule has 2 N–H and O–H groups in total. The topological polar surface area (TPSA) is 38.5 Å². The molecule has 1 aliphatic heterocycles. The van der Waals surface area contributed by atoms with Gasteiger partial charge in [0.05, 0.1) is 6.10 Å². The summed E-state index contributed by atoms with van der Waals surface area (Å²) in [6.07, 6.45) is 5.40. The second-order valence-electron chi connectivity index (χ2n) is 6.16. The second kappa shape index (κ2) is 7.34.